The summed E-state index contributed by atoms with van der Waals surface area (Å²) in [7, 11) is -1.17. The maximum Gasteiger partial charge on any atom is 0.0540 e. The predicted molar refractivity (Wildman–Crippen MR) is 55.3 cm³/mol. The van der Waals surface area contributed by atoms with Crippen LogP contribution in [0.2, 0.25) is 25.2 Å². The first-order valence-electron chi connectivity index (χ1n) is 4.20. The van der Waals surface area contributed by atoms with Gasteiger partial charge in [-0.05, 0) is 17.2 Å². The molecule has 0 aromatic heterocycles. The minimum Gasteiger partial charge on any atom is -0.313 e. The van der Waals surface area contributed by atoms with E-state index < -0.39 is 8.07 Å². The Morgan fingerprint density at radius 3 is 1.55 bits per heavy atom. The summed E-state index contributed by atoms with van der Waals surface area (Å²) < 4.78 is 0. The monoisotopic (exact) mass is 171 g/mol. The number of nitrogens with one attached hydrogen (secondary N) is 1. The Kier molecular flexibility index (Phi) is 3.06. The van der Waals surface area contributed by atoms with Crippen LogP contribution in [0.25, 0.3) is 0 Å². The smallest absolute Gasteiger partial charge is 0.0540 e. The molecule has 0 aliphatic carbocycles. The van der Waals surface area contributed by atoms with Crippen LogP contribution in [0.15, 0.2) is 0 Å². The zero-order valence-corrected chi connectivity index (χ0v) is 9.65. The average molecular weight is 171 g/mol. The van der Waals surface area contributed by atoms with E-state index in [-0.39, 0.29) is 5.41 Å². The van der Waals surface area contributed by atoms with Crippen LogP contribution in [0.3, 0.4) is 0 Å². The summed E-state index contributed by atoms with van der Waals surface area (Å²) in [5.41, 5.74) is 0.765. The number of hydrogen-bond acceptors (Lipinski definition) is 1. The molecule has 0 spiro atoms. The van der Waals surface area contributed by atoms with Gasteiger partial charge in [-0.25, -0.2) is 0 Å². The maximum absolute atomic E-state index is 7.38. The fraction of sp³-hybridized carbons (Fsp3) is 0.889. The lowest BCUT2D eigenvalue weighted by Crippen LogP contribution is -2.37. The molecule has 0 aliphatic heterocycles. The number of hydrogen-bond donors (Lipinski definition) is 1. The third kappa shape index (κ3) is 3.19. The molecule has 1 N–H and O–H groups in total. The van der Waals surface area contributed by atoms with Gasteiger partial charge in [0.05, 0.1) is 8.07 Å². The first kappa shape index (κ1) is 10.9. The van der Waals surface area contributed by atoms with Gasteiger partial charge in [-0.2, -0.15) is 0 Å². The lowest BCUT2D eigenvalue weighted by atomic mass is 9.92. The summed E-state index contributed by atoms with van der Waals surface area (Å²) in [6.07, 6.45) is 1.65. The highest BCUT2D eigenvalue weighted by atomic mass is 28.3. The summed E-state index contributed by atoms with van der Waals surface area (Å²) >= 11 is 0. The van der Waals surface area contributed by atoms with Crippen molar-refractivity contribution in [2.75, 3.05) is 0 Å². The van der Waals surface area contributed by atoms with E-state index >= 15 is 0 Å². The van der Waals surface area contributed by atoms with Crippen molar-refractivity contribution in [3.63, 3.8) is 0 Å². The normalized spacial score (nSPS) is 16.2. The highest BCUT2D eigenvalue weighted by molar-refractivity contribution is 6.80. The van der Waals surface area contributed by atoms with E-state index in [1.54, 1.807) is 6.21 Å². The Balaban J connectivity index is 4.56. The second kappa shape index (κ2) is 3.09. The quantitative estimate of drug-likeness (QED) is 0.486. The van der Waals surface area contributed by atoms with Gasteiger partial charge in [-0.3, -0.25) is 0 Å². The highest BCUT2D eigenvalue weighted by Crippen LogP contribution is 2.37. The summed E-state index contributed by atoms with van der Waals surface area (Å²) in [6.45, 7) is 13.7. The highest BCUT2D eigenvalue weighted by Gasteiger charge is 2.34. The lowest BCUT2D eigenvalue weighted by Gasteiger charge is -2.36. The van der Waals surface area contributed by atoms with E-state index in [9.17, 15) is 0 Å². The standard InChI is InChI=1S/C9H21NSi/c1-9(2,3)8(7-10)11(4,5)6/h7-8,10H,1-6H3. The molecule has 1 unspecified atom stereocenters. The molecule has 0 radical (unpaired) electrons. The van der Waals surface area contributed by atoms with Crippen LogP contribution in [-0.4, -0.2) is 14.3 Å². The van der Waals surface area contributed by atoms with Gasteiger partial charge in [0.2, 0.25) is 0 Å². The van der Waals surface area contributed by atoms with Crippen molar-refractivity contribution in [3.05, 3.63) is 0 Å². The molecule has 1 nitrogen and oxygen atoms in total. The largest absolute Gasteiger partial charge is 0.313 e. The third-order valence-corrected chi connectivity index (χ3v) is 4.93. The molecule has 1 atom stereocenters. The van der Waals surface area contributed by atoms with Crippen LogP contribution in [0.1, 0.15) is 20.8 Å². The molecular formula is C9H21NSi. The van der Waals surface area contributed by atoms with Gasteiger partial charge in [0, 0.05) is 0 Å². The minimum absolute atomic E-state index is 0.270. The van der Waals surface area contributed by atoms with Crippen LogP contribution < -0.4 is 0 Å². The summed E-state index contributed by atoms with van der Waals surface area (Å²) in [4.78, 5) is 0. The van der Waals surface area contributed by atoms with Crippen molar-refractivity contribution in [3.8, 4) is 0 Å². The zero-order valence-electron chi connectivity index (χ0n) is 8.65. The van der Waals surface area contributed by atoms with Crippen molar-refractivity contribution in [1.29, 1.82) is 5.41 Å². The first-order valence-corrected chi connectivity index (χ1v) is 7.78. The fourth-order valence-electron chi connectivity index (χ4n) is 1.80. The van der Waals surface area contributed by atoms with Crippen LogP contribution in [0.4, 0.5) is 0 Å². The second-order valence-electron chi connectivity index (χ2n) is 5.38. The minimum atomic E-state index is -1.17. The zero-order chi connectivity index (χ0) is 9.28. The van der Waals surface area contributed by atoms with Gasteiger partial charge >= 0.3 is 0 Å². The average Bonchev–Trinajstić information content (AvgIpc) is 1.56. The van der Waals surface area contributed by atoms with Crippen molar-refractivity contribution in [2.24, 2.45) is 5.41 Å². The Hall–Kier alpha value is -0.113. The molecule has 11 heavy (non-hydrogen) atoms. The van der Waals surface area contributed by atoms with Crippen molar-refractivity contribution >= 4 is 14.3 Å². The van der Waals surface area contributed by atoms with Crippen LogP contribution in [-0.2, 0) is 0 Å². The van der Waals surface area contributed by atoms with E-state index in [1.165, 1.54) is 0 Å². The van der Waals surface area contributed by atoms with Crippen LogP contribution in [0, 0.1) is 10.8 Å². The van der Waals surface area contributed by atoms with Gasteiger partial charge in [0.1, 0.15) is 0 Å². The summed E-state index contributed by atoms with van der Waals surface area (Å²) in [5, 5.41) is 7.38. The van der Waals surface area contributed by atoms with Crippen molar-refractivity contribution in [1.82, 2.24) is 0 Å². The van der Waals surface area contributed by atoms with Crippen LogP contribution in [0.5, 0.6) is 0 Å². The molecule has 0 amide bonds. The Morgan fingerprint density at radius 1 is 1.18 bits per heavy atom. The third-order valence-electron chi connectivity index (χ3n) is 2.03. The van der Waals surface area contributed by atoms with E-state index in [0.29, 0.717) is 5.54 Å². The van der Waals surface area contributed by atoms with E-state index in [2.05, 4.69) is 40.4 Å². The van der Waals surface area contributed by atoms with Gasteiger partial charge in [0.25, 0.3) is 0 Å². The Labute approximate surface area is 71.7 Å². The molecular weight excluding hydrogens is 150 g/mol. The van der Waals surface area contributed by atoms with E-state index in [1.807, 2.05) is 0 Å². The first-order chi connectivity index (χ1) is 4.69. The number of rotatable bonds is 2. The molecule has 0 rings (SSSR count). The van der Waals surface area contributed by atoms with Gasteiger partial charge in [-0.15, -0.1) is 0 Å². The Morgan fingerprint density at radius 2 is 1.55 bits per heavy atom. The molecule has 0 saturated carbocycles. The predicted octanol–water partition coefficient (Wildman–Crippen LogP) is 3.39. The summed E-state index contributed by atoms with van der Waals surface area (Å²) in [5.74, 6) is 0. The fourth-order valence-corrected chi connectivity index (χ4v) is 4.90. The molecule has 0 heterocycles. The van der Waals surface area contributed by atoms with Gasteiger partial charge in [0.15, 0.2) is 0 Å². The molecule has 2 heteroatoms. The molecule has 0 aromatic rings. The van der Waals surface area contributed by atoms with Gasteiger partial charge < -0.3 is 5.41 Å². The topological polar surface area (TPSA) is 23.9 Å². The SMILES string of the molecule is CC(C)(C)C(C=N)[Si](C)(C)C. The van der Waals surface area contributed by atoms with E-state index in [4.69, 9.17) is 5.41 Å². The van der Waals surface area contributed by atoms with Crippen LogP contribution >= 0.6 is 0 Å². The molecule has 0 saturated heterocycles. The molecule has 0 aromatic carbocycles. The summed E-state index contributed by atoms with van der Waals surface area (Å²) in [6, 6.07) is 0. The van der Waals surface area contributed by atoms with Gasteiger partial charge in [-0.1, -0.05) is 40.4 Å². The Bertz CT molecular complexity index is 125. The van der Waals surface area contributed by atoms with E-state index in [0.717, 1.165) is 0 Å². The maximum atomic E-state index is 7.38. The molecule has 0 fully saturated rings. The molecule has 66 valence electrons. The van der Waals surface area contributed by atoms with Crippen molar-refractivity contribution in [2.45, 2.75) is 46.0 Å². The second-order valence-corrected chi connectivity index (χ2v) is 10.7. The lowest BCUT2D eigenvalue weighted by molar-refractivity contribution is 0.428. The molecule has 0 bridgehead atoms. The van der Waals surface area contributed by atoms with Crippen molar-refractivity contribution < 1.29 is 0 Å². The molecule has 0 aliphatic rings.